The van der Waals surface area contributed by atoms with Crippen molar-refractivity contribution in [2.24, 2.45) is 0 Å². The highest BCUT2D eigenvalue weighted by Gasteiger charge is 2.29. The van der Waals surface area contributed by atoms with Crippen molar-refractivity contribution in [2.45, 2.75) is 19.9 Å². The Bertz CT molecular complexity index is 791. The number of carbonyl (C=O) groups is 1. The number of aromatic carboxylic acids is 1. The summed E-state index contributed by atoms with van der Waals surface area (Å²) in [5, 5.41) is 9.35. The van der Waals surface area contributed by atoms with Gasteiger partial charge in [0.15, 0.2) is 0 Å². The van der Waals surface area contributed by atoms with Gasteiger partial charge < -0.3 is 14.4 Å². The van der Waals surface area contributed by atoms with Crippen LogP contribution in [0.2, 0.25) is 0 Å². The van der Waals surface area contributed by atoms with Crippen molar-refractivity contribution >= 4 is 5.97 Å². The van der Waals surface area contributed by atoms with Gasteiger partial charge in [0.2, 0.25) is 0 Å². The molecule has 0 bridgehead atoms. The molecule has 1 aliphatic rings. The van der Waals surface area contributed by atoms with E-state index >= 15 is 0 Å². The maximum absolute atomic E-state index is 12.3. The Hall–Kier alpha value is -2.56. The topological polar surface area (TPSA) is 68.5 Å². The van der Waals surface area contributed by atoms with Crippen LogP contribution >= 0.6 is 0 Å². The van der Waals surface area contributed by atoms with Crippen LogP contribution in [0.4, 0.5) is 0 Å². The van der Waals surface area contributed by atoms with Crippen LogP contribution in [-0.4, -0.2) is 22.2 Å². The number of nitrogens with zero attached hydrogens (tertiary/aromatic N) is 1. The molecule has 1 aliphatic heterocycles. The van der Waals surface area contributed by atoms with Gasteiger partial charge in [-0.1, -0.05) is 18.2 Å². The molecule has 21 heavy (non-hydrogen) atoms. The van der Waals surface area contributed by atoms with Gasteiger partial charge in [-0.3, -0.25) is 4.79 Å². The zero-order valence-electron chi connectivity index (χ0n) is 11.8. The van der Waals surface area contributed by atoms with E-state index in [0.717, 1.165) is 11.3 Å². The molecule has 3 rings (SSSR count). The zero-order valence-corrected chi connectivity index (χ0v) is 11.8. The van der Waals surface area contributed by atoms with Crippen molar-refractivity contribution in [3.8, 4) is 5.75 Å². The van der Waals surface area contributed by atoms with Crippen molar-refractivity contribution in [1.82, 2.24) is 4.57 Å². The van der Waals surface area contributed by atoms with Gasteiger partial charge in [-0.05, 0) is 25.5 Å². The van der Waals surface area contributed by atoms with Gasteiger partial charge in [-0.25, -0.2) is 4.79 Å². The second kappa shape index (κ2) is 4.77. The normalized spacial score (nSPS) is 16.4. The third-order valence-electron chi connectivity index (χ3n) is 3.90. The smallest absolute Gasteiger partial charge is 0.337 e. The first-order valence-corrected chi connectivity index (χ1v) is 6.68. The summed E-state index contributed by atoms with van der Waals surface area (Å²) in [4.78, 5) is 23.8. The highest BCUT2D eigenvalue weighted by atomic mass is 16.5. The lowest BCUT2D eigenvalue weighted by Crippen LogP contribution is -2.30. The minimum absolute atomic E-state index is 0.180. The van der Waals surface area contributed by atoms with Gasteiger partial charge >= 0.3 is 5.97 Å². The summed E-state index contributed by atoms with van der Waals surface area (Å²) < 4.78 is 7.12. The first-order valence-electron chi connectivity index (χ1n) is 6.68. The van der Waals surface area contributed by atoms with Crippen molar-refractivity contribution in [1.29, 1.82) is 0 Å². The fourth-order valence-electron chi connectivity index (χ4n) is 2.97. The van der Waals surface area contributed by atoms with Crippen LogP contribution in [0.1, 0.15) is 33.2 Å². The summed E-state index contributed by atoms with van der Waals surface area (Å²) in [5.74, 6) is -0.280. The van der Waals surface area contributed by atoms with Gasteiger partial charge in [0.25, 0.3) is 5.56 Å². The second-order valence-electron chi connectivity index (χ2n) is 5.17. The molecule has 0 saturated carbocycles. The Labute approximate surface area is 121 Å². The monoisotopic (exact) mass is 285 g/mol. The van der Waals surface area contributed by atoms with Gasteiger partial charge in [-0.15, -0.1) is 0 Å². The molecule has 0 fully saturated rings. The average Bonchev–Trinajstić information content (AvgIpc) is 2.82. The highest BCUT2D eigenvalue weighted by Crippen LogP contribution is 2.34. The number of para-hydroxylation sites is 1. The quantitative estimate of drug-likeness (QED) is 0.918. The van der Waals surface area contributed by atoms with Crippen LogP contribution in [0.5, 0.6) is 5.75 Å². The van der Waals surface area contributed by atoms with Crippen molar-refractivity contribution in [2.75, 3.05) is 6.61 Å². The van der Waals surface area contributed by atoms with Gasteiger partial charge in [0.05, 0.1) is 11.6 Å². The van der Waals surface area contributed by atoms with Gasteiger partial charge in [0, 0.05) is 17.3 Å². The fraction of sp³-hybridized carbons (Fsp3) is 0.250. The third-order valence-corrected chi connectivity index (χ3v) is 3.90. The Kier molecular flexibility index (Phi) is 3.05. The van der Waals surface area contributed by atoms with Crippen LogP contribution in [0.3, 0.4) is 0 Å². The molecule has 0 radical (unpaired) electrons. The lowest BCUT2D eigenvalue weighted by atomic mass is 10.0. The minimum Gasteiger partial charge on any atom is -0.491 e. The summed E-state index contributed by atoms with van der Waals surface area (Å²) in [6.07, 6.45) is 0. The van der Waals surface area contributed by atoms with E-state index in [1.807, 2.05) is 24.3 Å². The average molecular weight is 285 g/mol. The number of aromatic nitrogens is 1. The largest absolute Gasteiger partial charge is 0.491 e. The summed E-state index contributed by atoms with van der Waals surface area (Å²) in [5.41, 5.74) is 1.81. The Morgan fingerprint density at radius 1 is 1.33 bits per heavy atom. The van der Waals surface area contributed by atoms with E-state index in [-0.39, 0.29) is 17.2 Å². The van der Waals surface area contributed by atoms with E-state index in [1.54, 1.807) is 13.8 Å². The molecular formula is C16H15NO4. The molecule has 5 heteroatoms. The molecule has 1 aromatic carbocycles. The van der Waals surface area contributed by atoms with Gasteiger partial charge in [0.1, 0.15) is 12.4 Å². The maximum atomic E-state index is 12.3. The molecule has 0 aliphatic carbocycles. The lowest BCUT2D eigenvalue weighted by Gasteiger charge is -2.19. The molecule has 1 aromatic heterocycles. The zero-order chi connectivity index (χ0) is 15.1. The van der Waals surface area contributed by atoms with Gasteiger partial charge in [-0.2, -0.15) is 0 Å². The molecule has 0 saturated heterocycles. The Morgan fingerprint density at radius 2 is 2.05 bits per heavy atom. The fourth-order valence-corrected chi connectivity index (χ4v) is 2.97. The van der Waals surface area contributed by atoms with E-state index in [0.29, 0.717) is 17.9 Å². The number of carboxylic acid groups (broad SMARTS) is 1. The molecule has 2 aromatic rings. The Morgan fingerprint density at radius 3 is 2.76 bits per heavy atom. The number of hydrogen-bond acceptors (Lipinski definition) is 3. The molecule has 0 spiro atoms. The number of rotatable bonds is 2. The number of carboxylic acids is 1. The van der Waals surface area contributed by atoms with Crippen LogP contribution in [0, 0.1) is 13.8 Å². The molecule has 1 N–H and O–H groups in total. The van der Waals surface area contributed by atoms with E-state index < -0.39 is 5.97 Å². The summed E-state index contributed by atoms with van der Waals surface area (Å²) >= 11 is 0. The number of fused-ring (bicyclic) bond motifs is 1. The predicted molar refractivity (Wildman–Crippen MR) is 77.2 cm³/mol. The molecule has 2 heterocycles. The maximum Gasteiger partial charge on any atom is 0.337 e. The molecule has 0 amide bonds. The first-order chi connectivity index (χ1) is 10.0. The first kappa shape index (κ1) is 13.4. The van der Waals surface area contributed by atoms with E-state index in [2.05, 4.69) is 0 Å². The predicted octanol–water partition coefficient (Wildman–Crippen LogP) is 2.15. The summed E-state index contributed by atoms with van der Waals surface area (Å²) in [6, 6.07) is 8.59. The van der Waals surface area contributed by atoms with E-state index in [4.69, 9.17) is 4.74 Å². The van der Waals surface area contributed by atoms with Crippen LogP contribution in [0.15, 0.2) is 35.1 Å². The van der Waals surface area contributed by atoms with Crippen LogP contribution < -0.4 is 10.3 Å². The molecule has 1 atom stereocenters. The third kappa shape index (κ3) is 2.01. The van der Waals surface area contributed by atoms with Crippen molar-refractivity contribution in [3.63, 3.8) is 0 Å². The number of pyridine rings is 1. The number of benzene rings is 1. The van der Waals surface area contributed by atoms with Crippen LogP contribution in [-0.2, 0) is 0 Å². The summed E-state index contributed by atoms with van der Waals surface area (Å²) in [6.45, 7) is 3.64. The summed E-state index contributed by atoms with van der Waals surface area (Å²) in [7, 11) is 0. The van der Waals surface area contributed by atoms with Crippen LogP contribution in [0.25, 0.3) is 0 Å². The second-order valence-corrected chi connectivity index (χ2v) is 5.17. The van der Waals surface area contributed by atoms with E-state index in [9.17, 15) is 14.7 Å². The molecule has 1 unspecified atom stereocenters. The Balaban J connectivity index is 2.23. The number of aryl methyl sites for hydroxylation is 1. The van der Waals surface area contributed by atoms with E-state index in [1.165, 1.54) is 10.6 Å². The molecule has 108 valence electrons. The lowest BCUT2D eigenvalue weighted by molar-refractivity contribution is 0.0693. The molecule has 5 nitrogen and oxygen atoms in total. The standard InChI is InChI=1S/C16H15NO4/c1-9-7-14(18)17(10(2)15(9)16(19)20)12-8-21-13-6-4-3-5-11(12)13/h3-7,12H,8H2,1-2H3,(H,19,20). The number of hydrogen-bond donors (Lipinski definition) is 1. The van der Waals surface area contributed by atoms with Crippen molar-refractivity contribution in [3.05, 3.63) is 63.1 Å². The number of ether oxygens (including phenoxy) is 1. The highest BCUT2D eigenvalue weighted by molar-refractivity contribution is 5.90. The minimum atomic E-state index is -1.02. The molecular weight excluding hydrogens is 270 g/mol. The van der Waals surface area contributed by atoms with Crippen molar-refractivity contribution < 1.29 is 14.6 Å². The SMILES string of the molecule is Cc1cc(=O)n(C2COc3ccccc32)c(C)c1C(=O)O.